The lowest BCUT2D eigenvalue weighted by atomic mass is 10.1. The largest absolute Gasteiger partial charge is 0.330 e. The van der Waals surface area contributed by atoms with Gasteiger partial charge in [0.1, 0.15) is 12.4 Å². The minimum Gasteiger partial charge on any atom is -0.330 e. The zero-order valence-corrected chi connectivity index (χ0v) is 12.9. The van der Waals surface area contributed by atoms with Crippen LogP contribution in [0.15, 0.2) is 48.8 Å². The van der Waals surface area contributed by atoms with Crippen LogP contribution < -0.4 is 10.3 Å². The van der Waals surface area contributed by atoms with Gasteiger partial charge in [0.05, 0.1) is 0 Å². The van der Waals surface area contributed by atoms with Crippen LogP contribution in [0.25, 0.3) is 12.2 Å². The van der Waals surface area contributed by atoms with E-state index < -0.39 is 0 Å². The van der Waals surface area contributed by atoms with Crippen LogP contribution in [0.2, 0.25) is 0 Å². The van der Waals surface area contributed by atoms with E-state index >= 15 is 0 Å². The molecule has 3 heteroatoms. The summed E-state index contributed by atoms with van der Waals surface area (Å²) < 4.78 is 15.7. The molecule has 0 aliphatic heterocycles. The van der Waals surface area contributed by atoms with Crippen LogP contribution in [0, 0.1) is 5.82 Å². The first-order chi connectivity index (χ1) is 10.8. The normalized spacial score (nSPS) is 11.2. The van der Waals surface area contributed by atoms with E-state index in [1.165, 1.54) is 25.3 Å². The number of unbranched alkanes of at least 4 members (excludes halogenated alkanes) is 3. The van der Waals surface area contributed by atoms with Gasteiger partial charge in [0.15, 0.2) is 12.4 Å². The predicted octanol–water partition coefficient (Wildman–Crippen LogP) is 3.80. The van der Waals surface area contributed by atoms with Crippen LogP contribution in [0.5, 0.6) is 0 Å². The van der Waals surface area contributed by atoms with Crippen LogP contribution >= 0.6 is 0 Å². The van der Waals surface area contributed by atoms with Crippen LogP contribution in [-0.4, -0.2) is 6.54 Å². The Hall–Kier alpha value is -2.00. The van der Waals surface area contributed by atoms with Crippen molar-refractivity contribution in [3.8, 4) is 0 Å². The number of nitrogens with zero attached hydrogens (tertiary/aromatic N) is 1. The summed E-state index contributed by atoms with van der Waals surface area (Å²) in [5.41, 5.74) is 7.17. The topological polar surface area (TPSA) is 29.9 Å². The van der Waals surface area contributed by atoms with Crippen molar-refractivity contribution in [1.29, 1.82) is 0 Å². The van der Waals surface area contributed by atoms with E-state index in [0.717, 1.165) is 25.1 Å². The number of hydrogen-bond acceptors (Lipinski definition) is 1. The summed E-state index contributed by atoms with van der Waals surface area (Å²) in [6.07, 6.45) is 12.6. The molecule has 0 fully saturated rings. The lowest BCUT2D eigenvalue weighted by Gasteiger charge is -1.99. The van der Waals surface area contributed by atoms with E-state index in [1.807, 2.05) is 18.2 Å². The molecular weight excluding hydrogens is 275 g/mol. The first kappa shape index (κ1) is 16.4. The Morgan fingerprint density at radius 2 is 1.64 bits per heavy atom. The fourth-order valence-electron chi connectivity index (χ4n) is 2.32. The third kappa shape index (κ3) is 5.41. The van der Waals surface area contributed by atoms with Gasteiger partial charge in [0, 0.05) is 24.1 Å². The minimum atomic E-state index is -0.192. The summed E-state index contributed by atoms with van der Waals surface area (Å²) in [5.74, 6) is -0.192. The highest BCUT2D eigenvalue weighted by molar-refractivity contribution is 5.69. The molecule has 0 aliphatic rings. The van der Waals surface area contributed by atoms with Crippen LogP contribution in [0.1, 0.15) is 36.8 Å². The number of hydrogen-bond donors (Lipinski definition) is 1. The van der Waals surface area contributed by atoms with Crippen molar-refractivity contribution < 1.29 is 8.96 Å². The van der Waals surface area contributed by atoms with Gasteiger partial charge >= 0.3 is 0 Å². The van der Waals surface area contributed by atoms with Gasteiger partial charge in [-0.2, -0.15) is 0 Å². The fraction of sp³-hybridized carbons (Fsp3) is 0.316. The number of halogens is 1. The molecule has 116 valence electrons. The SMILES string of the molecule is NCCCCCC[n+]1ccc(/C=C/c2ccccc2F)cc1. The van der Waals surface area contributed by atoms with Gasteiger partial charge in [-0.3, -0.25) is 0 Å². The number of pyridine rings is 1. The molecule has 2 N–H and O–H groups in total. The summed E-state index contributed by atoms with van der Waals surface area (Å²) in [7, 11) is 0. The third-order valence-electron chi connectivity index (χ3n) is 3.65. The minimum absolute atomic E-state index is 0.192. The third-order valence-corrected chi connectivity index (χ3v) is 3.65. The maximum absolute atomic E-state index is 13.5. The zero-order valence-electron chi connectivity index (χ0n) is 12.9. The fourth-order valence-corrected chi connectivity index (χ4v) is 2.32. The average molecular weight is 299 g/mol. The standard InChI is InChI=1S/C19H24FN2/c20-19-8-4-3-7-18(19)10-9-17-11-15-22(16-12-17)14-6-2-1-5-13-21/h3-4,7-12,15-16H,1-2,5-6,13-14,21H2/q+1/b10-9+. The van der Waals surface area contributed by atoms with Crippen molar-refractivity contribution in [1.82, 2.24) is 0 Å². The van der Waals surface area contributed by atoms with Gasteiger partial charge in [0.25, 0.3) is 0 Å². The van der Waals surface area contributed by atoms with Gasteiger partial charge in [-0.05, 0) is 31.0 Å². The summed E-state index contributed by atoms with van der Waals surface area (Å²) in [5, 5.41) is 0. The van der Waals surface area contributed by atoms with E-state index in [0.29, 0.717) is 5.56 Å². The second-order valence-corrected chi connectivity index (χ2v) is 5.43. The lowest BCUT2D eigenvalue weighted by molar-refractivity contribution is -0.697. The summed E-state index contributed by atoms with van der Waals surface area (Å²) in [6.45, 7) is 1.82. The average Bonchev–Trinajstić information content (AvgIpc) is 2.55. The molecule has 2 nitrogen and oxygen atoms in total. The molecule has 0 saturated heterocycles. The maximum atomic E-state index is 13.5. The first-order valence-electron chi connectivity index (χ1n) is 7.91. The highest BCUT2D eigenvalue weighted by Gasteiger charge is 2.00. The molecule has 0 unspecified atom stereocenters. The molecule has 1 aromatic heterocycles. The van der Waals surface area contributed by atoms with Gasteiger partial charge < -0.3 is 5.73 Å². The van der Waals surface area contributed by atoms with Crippen molar-refractivity contribution in [2.24, 2.45) is 5.73 Å². The quantitative estimate of drug-likeness (QED) is 0.583. The Kier molecular flexibility index (Phi) is 6.78. The van der Waals surface area contributed by atoms with Crippen LogP contribution in [0.4, 0.5) is 4.39 Å². The summed E-state index contributed by atoms with van der Waals surface area (Å²) >= 11 is 0. The molecule has 1 aromatic carbocycles. The van der Waals surface area contributed by atoms with E-state index in [-0.39, 0.29) is 5.82 Å². The zero-order chi connectivity index (χ0) is 15.6. The number of aromatic nitrogens is 1. The maximum Gasteiger partial charge on any atom is 0.169 e. The summed E-state index contributed by atoms with van der Waals surface area (Å²) in [4.78, 5) is 0. The molecule has 2 rings (SSSR count). The monoisotopic (exact) mass is 299 g/mol. The molecule has 0 atom stereocenters. The molecule has 0 radical (unpaired) electrons. The number of nitrogens with two attached hydrogens (primary N) is 1. The van der Waals surface area contributed by atoms with Crippen molar-refractivity contribution in [2.45, 2.75) is 32.2 Å². The first-order valence-corrected chi connectivity index (χ1v) is 7.91. The summed E-state index contributed by atoms with van der Waals surface area (Å²) in [6, 6.07) is 10.9. The van der Waals surface area contributed by atoms with Crippen molar-refractivity contribution >= 4 is 12.2 Å². The van der Waals surface area contributed by atoms with E-state index in [9.17, 15) is 4.39 Å². The van der Waals surface area contributed by atoms with Gasteiger partial charge in [-0.1, -0.05) is 36.8 Å². The second kappa shape index (κ2) is 9.11. The molecular formula is C19H24FN2+. The molecule has 0 bridgehead atoms. The predicted molar refractivity (Wildman–Crippen MR) is 89.5 cm³/mol. The smallest absolute Gasteiger partial charge is 0.169 e. The Bertz CT molecular complexity index is 591. The Morgan fingerprint density at radius 1 is 0.909 bits per heavy atom. The molecule has 1 heterocycles. The molecule has 22 heavy (non-hydrogen) atoms. The van der Waals surface area contributed by atoms with Crippen molar-refractivity contribution in [2.75, 3.05) is 6.54 Å². The number of rotatable bonds is 8. The second-order valence-electron chi connectivity index (χ2n) is 5.43. The van der Waals surface area contributed by atoms with Gasteiger partial charge in [-0.25, -0.2) is 8.96 Å². The molecule has 0 saturated carbocycles. The Morgan fingerprint density at radius 3 is 2.36 bits per heavy atom. The molecule has 0 aliphatic carbocycles. The molecule has 2 aromatic rings. The van der Waals surface area contributed by atoms with E-state index in [2.05, 4.69) is 29.1 Å². The van der Waals surface area contributed by atoms with Crippen LogP contribution in [0.3, 0.4) is 0 Å². The van der Waals surface area contributed by atoms with E-state index in [1.54, 1.807) is 12.1 Å². The Balaban J connectivity index is 1.85. The number of aryl methyl sites for hydroxylation is 1. The van der Waals surface area contributed by atoms with Gasteiger partial charge in [-0.15, -0.1) is 0 Å². The van der Waals surface area contributed by atoms with Gasteiger partial charge in [0.2, 0.25) is 0 Å². The van der Waals surface area contributed by atoms with Crippen LogP contribution in [-0.2, 0) is 6.54 Å². The molecule has 0 spiro atoms. The number of benzene rings is 1. The highest BCUT2D eigenvalue weighted by atomic mass is 19.1. The lowest BCUT2D eigenvalue weighted by Crippen LogP contribution is -2.32. The van der Waals surface area contributed by atoms with E-state index in [4.69, 9.17) is 5.73 Å². The highest BCUT2D eigenvalue weighted by Crippen LogP contribution is 2.11. The van der Waals surface area contributed by atoms with Crippen molar-refractivity contribution in [3.05, 3.63) is 65.7 Å². The Labute approximate surface area is 132 Å². The van der Waals surface area contributed by atoms with Crippen molar-refractivity contribution in [3.63, 3.8) is 0 Å². The molecule has 0 amide bonds.